The summed E-state index contributed by atoms with van der Waals surface area (Å²) in [5.74, 6) is -1.84. The van der Waals surface area contributed by atoms with E-state index in [0.717, 1.165) is 31.0 Å². The number of halogens is 1. The van der Waals surface area contributed by atoms with Crippen molar-refractivity contribution in [1.29, 1.82) is 0 Å². The van der Waals surface area contributed by atoms with Crippen molar-refractivity contribution in [3.05, 3.63) is 29.6 Å². The lowest BCUT2D eigenvalue weighted by atomic mass is 9.99. The molecule has 1 aromatic carbocycles. The fraction of sp³-hybridized carbons (Fsp3) is 0.429. The molecule has 1 aromatic rings. The van der Waals surface area contributed by atoms with Crippen LogP contribution in [0.5, 0.6) is 0 Å². The Bertz CT molecular complexity index is 550. The fourth-order valence-corrected chi connectivity index (χ4v) is 2.40. The van der Waals surface area contributed by atoms with Crippen molar-refractivity contribution in [2.24, 2.45) is 5.92 Å². The average Bonchev–Trinajstić information content (AvgIpc) is 2.47. The molecular formula is C14H17FN2O4. The van der Waals surface area contributed by atoms with E-state index in [2.05, 4.69) is 5.32 Å². The molecule has 21 heavy (non-hydrogen) atoms. The van der Waals surface area contributed by atoms with Crippen LogP contribution in [-0.2, 0) is 0 Å². The van der Waals surface area contributed by atoms with Crippen molar-refractivity contribution in [3.8, 4) is 0 Å². The highest BCUT2D eigenvalue weighted by Crippen LogP contribution is 2.20. The van der Waals surface area contributed by atoms with Crippen LogP contribution in [0.3, 0.4) is 0 Å². The highest BCUT2D eigenvalue weighted by atomic mass is 19.1. The third-order valence-corrected chi connectivity index (χ3v) is 3.52. The number of benzene rings is 1. The number of hydrogen-bond donors (Lipinski definition) is 3. The van der Waals surface area contributed by atoms with Gasteiger partial charge in [-0.1, -0.05) is 0 Å². The molecule has 0 radical (unpaired) electrons. The summed E-state index contributed by atoms with van der Waals surface area (Å²) in [6.45, 7) is 0.935. The normalized spacial score (nSPS) is 18.4. The minimum atomic E-state index is -1.24. The van der Waals surface area contributed by atoms with E-state index in [1.807, 2.05) is 0 Å². The number of carbonyl (C=O) groups is 2. The number of aliphatic hydroxyl groups is 1. The molecule has 0 aromatic heterocycles. The predicted molar refractivity (Wildman–Crippen MR) is 73.8 cm³/mol. The van der Waals surface area contributed by atoms with Gasteiger partial charge in [0.25, 0.3) is 0 Å². The Morgan fingerprint density at radius 1 is 1.43 bits per heavy atom. The maximum absolute atomic E-state index is 13.2. The first kappa shape index (κ1) is 15.2. The van der Waals surface area contributed by atoms with E-state index < -0.39 is 17.8 Å². The number of urea groups is 1. The summed E-state index contributed by atoms with van der Waals surface area (Å²) in [5, 5.41) is 20.6. The van der Waals surface area contributed by atoms with Crippen LogP contribution >= 0.6 is 0 Å². The van der Waals surface area contributed by atoms with Crippen molar-refractivity contribution in [2.45, 2.75) is 12.8 Å². The molecule has 0 saturated carbocycles. The number of piperidine rings is 1. The molecular weight excluding hydrogens is 279 g/mol. The molecule has 6 nitrogen and oxygen atoms in total. The number of aromatic carboxylic acids is 1. The van der Waals surface area contributed by atoms with Crippen LogP contribution < -0.4 is 5.32 Å². The average molecular weight is 296 g/mol. The van der Waals surface area contributed by atoms with Gasteiger partial charge in [0.15, 0.2) is 0 Å². The summed E-state index contributed by atoms with van der Waals surface area (Å²) >= 11 is 0. The summed E-state index contributed by atoms with van der Waals surface area (Å²) in [4.78, 5) is 24.7. The van der Waals surface area contributed by atoms with Crippen LogP contribution in [0, 0.1) is 11.7 Å². The monoisotopic (exact) mass is 296 g/mol. The number of hydrogen-bond acceptors (Lipinski definition) is 3. The Hall–Kier alpha value is -2.15. The number of amides is 2. The Kier molecular flexibility index (Phi) is 4.74. The molecule has 1 aliphatic rings. The second-order valence-electron chi connectivity index (χ2n) is 5.06. The first-order chi connectivity index (χ1) is 10.0. The van der Waals surface area contributed by atoms with Crippen molar-refractivity contribution < 1.29 is 24.2 Å². The van der Waals surface area contributed by atoms with E-state index in [9.17, 15) is 14.0 Å². The second-order valence-corrected chi connectivity index (χ2v) is 5.06. The Labute approximate surface area is 121 Å². The van der Waals surface area contributed by atoms with Crippen LogP contribution in [0.1, 0.15) is 23.2 Å². The molecule has 3 N–H and O–H groups in total. The van der Waals surface area contributed by atoms with Gasteiger partial charge >= 0.3 is 12.0 Å². The molecule has 1 saturated heterocycles. The zero-order valence-electron chi connectivity index (χ0n) is 11.4. The molecule has 7 heteroatoms. The third-order valence-electron chi connectivity index (χ3n) is 3.52. The molecule has 2 rings (SSSR count). The number of rotatable bonds is 3. The number of carboxylic acids is 1. The molecule has 1 fully saturated rings. The Morgan fingerprint density at radius 3 is 2.86 bits per heavy atom. The molecule has 1 aliphatic heterocycles. The zero-order chi connectivity index (χ0) is 15.4. The summed E-state index contributed by atoms with van der Waals surface area (Å²) in [6, 6.07) is 2.64. The van der Waals surface area contributed by atoms with E-state index in [0.29, 0.717) is 13.1 Å². The summed E-state index contributed by atoms with van der Waals surface area (Å²) < 4.78 is 13.2. The minimum Gasteiger partial charge on any atom is -0.478 e. The van der Waals surface area contributed by atoms with Gasteiger partial charge in [-0.25, -0.2) is 14.0 Å². The standard InChI is InChI=1S/C14H17FN2O4/c15-10-3-4-11(13(19)20)12(6-10)16-14(21)17-5-1-2-9(7-17)8-18/h3-4,6,9,18H,1-2,5,7-8H2,(H,16,21)(H,19,20). The Balaban J connectivity index is 2.12. The summed E-state index contributed by atoms with van der Waals surface area (Å²) in [7, 11) is 0. The lowest BCUT2D eigenvalue weighted by Crippen LogP contribution is -2.43. The topological polar surface area (TPSA) is 89.9 Å². The van der Waals surface area contributed by atoms with Crippen molar-refractivity contribution in [2.75, 3.05) is 25.0 Å². The van der Waals surface area contributed by atoms with Gasteiger partial charge in [0.2, 0.25) is 0 Å². The molecule has 2 amide bonds. The summed E-state index contributed by atoms with van der Waals surface area (Å²) in [5.41, 5.74) is -0.237. The second kappa shape index (κ2) is 6.53. The SMILES string of the molecule is O=C(O)c1ccc(F)cc1NC(=O)N1CCCC(CO)C1. The molecule has 0 aliphatic carbocycles. The van der Waals surface area contributed by atoms with E-state index in [1.54, 1.807) is 0 Å². The number of nitrogens with one attached hydrogen (secondary N) is 1. The maximum Gasteiger partial charge on any atom is 0.337 e. The van der Waals surface area contributed by atoms with Gasteiger partial charge in [0, 0.05) is 19.7 Å². The highest BCUT2D eigenvalue weighted by Gasteiger charge is 2.24. The smallest absolute Gasteiger partial charge is 0.337 e. The minimum absolute atomic E-state index is 0.00409. The quantitative estimate of drug-likeness (QED) is 0.793. The van der Waals surface area contributed by atoms with Gasteiger partial charge in [0.1, 0.15) is 5.82 Å². The number of anilines is 1. The largest absolute Gasteiger partial charge is 0.478 e. The van der Waals surface area contributed by atoms with E-state index in [1.165, 1.54) is 4.90 Å². The van der Waals surface area contributed by atoms with Gasteiger partial charge in [0.05, 0.1) is 11.3 Å². The number of likely N-dealkylation sites (tertiary alicyclic amines) is 1. The van der Waals surface area contributed by atoms with Crippen LogP contribution in [0.4, 0.5) is 14.9 Å². The molecule has 1 unspecified atom stereocenters. The number of nitrogens with zero attached hydrogens (tertiary/aromatic N) is 1. The molecule has 0 bridgehead atoms. The fourth-order valence-electron chi connectivity index (χ4n) is 2.40. The van der Waals surface area contributed by atoms with E-state index in [4.69, 9.17) is 10.2 Å². The van der Waals surface area contributed by atoms with E-state index in [-0.39, 0.29) is 23.8 Å². The first-order valence-corrected chi connectivity index (χ1v) is 6.71. The van der Waals surface area contributed by atoms with Gasteiger partial charge in [-0.15, -0.1) is 0 Å². The van der Waals surface area contributed by atoms with Gasteiger partial charge < -0.3 is 20.4 Å². The van der Waals surface area contributed by atoms with Crippen molar-refractivity contribution in [1.82, 2.24) is 4.90 Å². The predicted octanol–water partition coefficient (Wildman–Crippen LogP) is 1.76. The number of carbonyl (C=O) groups excluding carboxylic acids is 1. The zero-order valence-corrected chi connectivity index (χ0v) is 11.4. The lowest BCUT2D eigenvalue weighted by molar-refractivity contribution is 0.0698. The van der Waals surface area contributed by atoms with Crippen LogP contribution in [0.15, 0.2) is 18.2 Å². The third kappa shape index (κ3) is 3.69. The van der Waals surface area contributed by atoms with Crippen LogP contribution in [0.2, 0.25) is 0 Å². The van der Waals surface area contributed by atoms with Gasteiger partial charge in [-0.3, -0.25) is 0 Å². The number of aliphatic hydroxyl groups excluding tert-OH is 1. The Morgan fingerprint density at radius 2 is 2.19 bits per heavy atom. The van der Waals surface area contributed by atoms with Crippen molar-refractivity contribution in [3.63, 3.8) is 0 Å². The maximum atomic E-state index is 13.2. The highest BCUT2D eigenvalue weighted by molar-refractivity contribution is 6.00. The molecule has 1 heterocycles. The molecule has 1 atom stereocenters. The first-order valence-electron chi connectivity index (χ1n) is 6.71. The van der Waals surface area contributed by atoms with Gasteiger partial charge in [-0.05, 0) is 37.0 Å². The summed E-state index contributed by atoms with van der Waals surface area (Å²) in [6.07, 6.45) is 1.62. The van der Waals surface area contributed by atoms with Crippen molar-refractivity contribution >= 4 is 17.7 Å². The molecule has 0 spiro atoms. The van der Waals surface area contributed by atoms with Crippen LogP contribution in [-0.4, -0.2) is 46.8 Å². The van der Waals surface area contributed by atoms with Gasteiger partial charge in [-0.2, -0.15) is 0 Å². The number of carboxylic acid groups (broad SMARTS) is 1. The molecule has 114 valence electrons. The lowest BCUT2D eigenvalue weighted by Gasteiger charge is -2.31. The van der Waals surface area contributed by atoms with E-state index >= 15 is 0 Å². The van der Waals surface area contributed by atoms with Crippen LogP contribution in [0.25, 0.3) is 0 Å².